The van der Waals surface area contributed by atoms with Gasteiger partial charge < -0.3 is 24.8 Å². The Morgan fingerprint density at radius 2 is 1.50 bits per heavy atom. The number of piperidine rings is 2. The van der Waals surface area contributed by atoms with E-state index in [0.29, 0.717) is 31.0 Å². The Labute approximate surface area is 236 Å². The highest BCUT2D eigenvalue weighted by atomic mass is 16.6. The first-order valence-corrected chi connectivity index (χ1v) is 13.6. The van der Waals surface area contributed by atoms with Gasteiger partial charge in [0.05, 0.1) is 46.5 Å². The van der Waals surface area contributed by atoms with E-state index in [1.54, 1.807) is 40.5 Å². The number of nitrogens with zero attached hydrogens (tertiary/aromatic N) is 3. The first-order chi connectivity index (χ1) is 19.2. The van der Waals surface area contributed by atoms with Gasteiger partial charge >= 0.3 is 0 Å². The number of fused-ring (bicyclic) bond motifs is 2. The van der Waals surface area contributed by atoms with Crippen molar-refractivity contribution in [1.29, 1.82) is 0 Å². The van der Waals surface area contributed by atoms with Gasteiger partial charge in [-0.15, -0.1) is 0 Å². The molecule has 3 aromatic rings. The van der Waals surface area contributed by atoms with Crippen LogP contribution in [0, 0.1) is 10.8 Å². The topological polar surface area (TPSA) is 120 Å². The van der Waals surface area contributed by atoms with Crippen LogP contribution >= 0.6 is 0 Å². The second-order valence-corrected chi connectivity index (χ2v) is 11.0. The summed E-state index contributed by atoms with van der Waals surface area (Å²) in [6.45, 7) is 4.56. The zero-order valence-electron chi connectivity index (χ0n) is 23.9. The molecule has 7 atom stereocenters. The maximum Gasteiger partial charge on any atom is 0.173 e. The van der Waals surface area contributed by atoms with E-state index < -0.39 is 40.9 Å². The summed E-state index contributed by atoms with van der Waals surface area (Å²) >= 11 is 0. The zero-order valence-corrected chi connectivity index (χ0v) is 23.9. The van der Waals surface area contributed by atoms with Crippen LogP contribution in [0.2, 0.25) is 0 Å². The van der Waals surface area contributed by atoms with Gasteiger partial charge in [0, 0.05) is 53.4 Å². The first kappa shape index (κ1) is 30.2. The van der Waals surface area contributed by atoms with E-state index in [1.807, 2.05) is 54.6 Å². The average Bonchev–Trinajstić information content (AvgIpc) is 2.95. The van der Waals surface area contributed by atoms with Crippen molar-refractivity contribution in [2.75, 3.05) is 34.4 Å². The number of aliphatic hydroxyl groups is 3. The second kappa shape index (κ2) is 12.4. The molecule has 7 unspecified atom stereocenters. The summed E-state index contributed by atoms with van der Waals surface area (Å²) in [7, 11) is 4.70. The van der Waals surface area contributed by atoms with Crippen LogP contribution < -0.4 is 5.32 Å². The molecule has 1 aromatic carbocycles. The Morgan fingerprint density at radius 3 is 2.00 bits per heavy atom. The number of nitrogens with one attached hydrogen (secondary N) is 1. The number of benzene rings is 1. The quantitative estimate of drug-likeness (QED) is 0.329. The molecule has 2 aliphatic heterocycles. The first-order valence-electron chi connectivity index (χ1n) is 13.6. The highest BCUT2D eigenvalue weighted by Crippen LogP contribution is 2.62. The van der Waals surface area contributed by atoms with Crippen LogP contribution in [-0.4, -0.2) is 82.6 Å². The molecular formula is C31H42N4O5. The summed E-state index contributed by atoms with van der Waals surface area (Å²) < 4.78 is 9.99. The summed E-state index contributed by atoms with van der Waals surface area (Å²) in [5, 5.41) is 39.5. The standard InChI is InChI=1S/C29H36N4O4.C2H6O/c1-20(34)28-18-33(17-21-11-5-4-6-12-21)19-29(26(28)35,27(2,36)37-3)25(23-14-8-10-16-31-23)32-24(28)22-13-7-9-15-30-22;1-3-2/h4-16,20,24-26,32,34-36H,17-19H2,1-3H3;1-2H3. The second-order valence-electron chi connectivity index (χ2n) is 11.0. The molecule has 0 amide bonds. The molecule has 9 nitrogen and oxygen atoms in total. The number of rotatable bonds is 7. The highest BCUT2D eigenvalue weighted by Gasteiger charge is 2.73. The molecule has 216 valence electrons. The van der Waals surface area contributed by atoms with Crippen molar-refractivity contribution in [3.05, 3.63) is 96.1 Å². The van der Waals surface area contributed by atoms with Gasteiger partial charge in [-0.3, -0.25) is 20.2 Å². The fourth-order valence-electron chi connectivity index (χ4n) is 6.65. The molecule has 4 heterocycles. The van der Waals surface area contributed by atoms with Gasteiger partial charge in [-0.25, -0.2) is 0 Å². The summed E-state index contributed by atoms with van der Waals surface area (Å²) in [5.41, 5.74) is 0.0680. The Hall–Kier alpha value is -2.76. The van der Waals surface area contributed by atoms with Gasteiger partial charge in [0.2, 0.25) is 0 Å². The van der Waals surface area contributed by atoms with Gasteiger partial charge in [0.25, 0.3) is 0 Å². The minimum Gasteiger partial charge on any atom is -0.393 e. The fourth-order valence-corrected chi connectivity index (χ4v) is 6.65. The van der Waals surface area contributed by atoms with Crippen molar-refractivity contribution >= 4 is 0 Å². The molecule has 40 heavy (non-hydrogen) atoms. The Balaban J connectivity index is 0.00000118. The van der Waals surface area contributed by atoms with E-state index in [4.69, 9.17) is 4.74 Å². The third kappa shape index (κ3) is 5.19. The lowest BCUT2D eigenvalue weighted by Gasteiger charge is -2.68. The third-order valence-corrected chi connectivity index (χ3v) is 8.62. The smallest absolute Gasteiger partial charge is 0.173 e. The summed E-state index contributed by atoms with van der Waals surface area (Å²) in [6.07, 6.45) is 1.31. The summed E-state index contributed by atoms with van der Waals surface area (Å²) in [4.78, 5) is 11.5. The highest BCUT2D eigenvalue weighted by molar-refractivity contribution is 5.31. The maximum absolute atomic E-state index is 12.5. The maximum atomic E-state index is 12.5. The molecule has 0 radical (unpaired) electrons. The number of methoxy groups -OCH3 is 2. The molecule has 2 saturated heterocycles. The lowest BCUT2D eigenvalue weighted by Crippen LogP contribution is -2.80. The molecule has 2 fully saturated rings. The lowest BCUT2D eigenvalue weighted by atomic mass is 9.50. The van der Waals surface area contributed by atoms with Crippen LogP contribution in [0.3, 0.4) is 0 Å². The predicted molar refractivity (Wildman–Crippen MR) is 152 cm³/mol. The molecule has 2 aromatic heterocycles. The number of aliphatic hydroxyl groups excluding tert-OH is 2. The predicted octanol–water partition coefficient (Wildman–Crippen LogP) is 2.71. The van der Waals surface area contributed by atoms with E-state index in [9.17, 15) is 15.3 Å². The fraction of sp³-hybridized carbons (Fsp3) is 0.484. The molecule has 9 heteroatoms. The minimum absolute atomic E-state index is 0.307. The Kier molecular flexibility index (Phi) is 9.36. The van der Waals surface area contributed by atoms with Crippen LogP contribution in [0.1, 0.15) is 42.9 Å². The van der Waals surface area contributed by atoms with Crippen LogP contribution in [0.5, 0.6) is 0 Å². The number of aromatic nitrogens is 2. The number of hydrogen-bond donors (Lipinski definition) is 4. The molecular weight excluding hydrogens is 508 g/mol. The van der Waals surface area contributed by atoms with Crippen molar-refractivity contribution < 1.29 is 24.8 Å². The number of pyridine rings is 2. The van der Waals surface area contributed by atoms with Crippen LogP contribution in [0.4, 0.5) is 0 Å². The van der Waals surface area contributed by atoms with E-state index in [0.717, 1.165) is 5.56 Å². The van der Waals surface area contributed by atoms with Gasteiger partial charge in [-0.05, 0) is 43.7 Å². The zero-order chi connectivity index (χ0) is 29.0. The van der Waals surface area contributed by atoms with Crippen LogP contribution in [0.25, 0.3) is 0 Å². The SMILES string of the molecule is COC.COC(C)(O)C12CN(Cc3ccccc3)CC(C(C)O)(C(c3ccccn3)NC1c1ccccn1)C2O. The van der Waals surface area contributed by atoms with E-state index in [2.05, 4.69) is 37.1 Å². The van der Waals surface area contributed by atoms with E-state index >= 15 is 0 Å². The average molecular weight is 551 g/mol. The molecule has 2 bridgehead atoms. The van der Waals surface area contributed by atoms with Crippen molar-refractivity contribution in [2.45, 2.75) is 50.5 Å². The molecule has 0 aliphatic carbocycles. The van der Waals surface area contributed by atoms with Crippen molar-refractivity contribution in [3.63, 3.8) is 0 Å². The Morgan fingerprint density at radius 1 is 0.950 bits per heavy atom. The summed E-state index contributed by atoms with van der Waals surface area (Å²) in [6, 6.07) is 20.2. The van der Waals surface area contributed by atoms with Crippen molar-refractivity contribution in [3.8, 4) is 0 Å². The van der Waals surface area contributed by atoms with Gasteiger partial charge in [-0.1, -0.05) is 42.5 Å². The van der Waals surface area contributed by atoms with Crippen molar-refractivity contribution in [1.82, 2.24) is 20.2 Å². The van der Waals surface area contributed by atoms with Crippen molar-refractivity contribution in [2.24, 2.45) is 10.8 Å². The normalized spacial score (nSPS) is 30.4. The molecule has 4 N–H and O–H groups in total. The van der Waals surface area contributed by atoms with Crippen LogP contribution in [-0.2, 0) is 16.0 Å². The summed E-state index contributed by atoms with van der Waals surface area (Å²) in [5.74, 6) is -1.77. The monoisotopic (exact) mass is 550 g/mol. The van der Waals surface area contributed by atoms with E-state index in [-0.39, 0.29) is 0 Å². The van der Waals surface area contributed by atoms with E-state index in [1.165, 1.54) is 7.11 Å². The number of likely N-dealkylation sites (tertiary alicyclic amines) is 1. The van der Waals surface area contributed by atoms with Gasteiger partial charge in [0.1, 0.15) is 0 Å². The minimum atomic E-state index is -1.77. The van der Waals surface area contributed by atoms with Crippen LogP contribution in [0.15, 0.2) is 79.1 Å². The largest absolute Gasteiger partial charge is 0.393 e. The molecule has 2 aliphatic rings. The molecule has 0 spiro atoms. The van der Waals surface area contributed by atoms with Gasteiger partial charge in [-0.2, -0.15) is 0 Å². The molecule has 5 rings (SSSR count). The third-order valence-electron chi connectivity index (χ3n) is 8.62. The lowest BCUT2D eigenvalue weighted by molar-refractivity contribution is -0.344. The number of hydrogen-bond acceptors (Lipinski definition) is 9. The Bertz CT molecular complexity index is 1200. The van der Waals surface area contributed by atoms with Gasteiger partial charge in [0.15, 0.2) is 5.79 Å². The molecule has 0 saturated carbocycles. The number of ether oxygens (including phenoxy) is 2.